The van der Waals surface area contributed by atoms with E-state index in [1.165, 1.54) is 0 Å². The summed E-state index contributed by atoms with van der Waals surface area (Å²) in [6.45, 7) is 2.17. The van der Waals surface area contributed by atoms with E-state index >= 15 is 0 Å². The van der Waals surface area contributed by atoms with Crippen molar-refractivity contribution in [2.45, 2.75) is 13.0 Å². The Morgan fingerprint density at radius 2 is 2.38 bits per heavy atom. The molecule has 0 aliphatic rings. The summed E-state index contributed by atoms with van der Waals surface area (Å²) in [6, 6.07) is -0.0177. The summed E-state index contributed by atoms with van der Waals surface area (Å²) in [4.78, 5) is 2.52. The molecule has 0 aromatic carbocycles. The van der Waals surface area contributed by atoms with Gasteiger partial charge >= 0.3 is 0 Å². The van der Waals surface area contributed by atoms with Gasteiger partial charge in [-0.15, -0.1) is 12.4 Å². The first kappa shape index (κ1) is 10.5. The van der Waals surface area contributed by atoms with E-state index in [1.54, 1.807) is 6.92 Å². The van der Waals surface area contributed by atoms with Crippen LogP contribution in [0.4, 0.5) is 0 Å². The highest BCUT2D eigenvalue weighted by atomic mass is 35.5. The second kappa shape index (κ2) is 6.56. The SMILES string of the molecule is CC(N)CN=[N+]=[N-].Cl. The van der Waals surface area contributed by atoms with Gasteiger partial charge in [0.15, 0.2) is 0 Å². The van der Waals surface area contributed by atoms with Crippen molar-refractivity contribution < 1.29 is 0 Å². The van der Waals surface area contributed by atoms with Gasteiger partial charge in [-0.05, 0) is 12.5 Å². The zero-order valence-electron chi connectivity index (χ0n) is 4.61. The zero-order chi connectivity index (χ0) is 5.70. The van der Waals surface area contributed by atoms with Crippen molar-refractivity contribution in [3.05, 3.63) is 10.4 Å². The molecule has 0 spiro atoms. The zero-order valence-corrected chi connectivity index (χ0v) is 5.43. The Hall–Kier alpha value is -0.440. The van der Waals surface area contributed by atoms with Crippen LogP contribution in [0.15, 0.2) is 5.11 Å². The van der Waals surface area contributed by atoms with Gasteiger partial charge in [0.25, 0.3) is 0 Å². The minimum Gasteiger partial charge on any atom is -0.328 e. The summed E-state index contributed by atoms with van der Waals surface area (Å²) in [6.07, 6.45) is 0. The first-order valence-corrected chi connectivity index (χ1v) is 2.04. The van der Waals surface area contributed by atoms with E-state index in [4.69, 9.17) is 11.3 Å². The van der Waals surface area contributed by atoms with Crippen LogP contribution < -0.4 is 5.73 Å². The molecule has 4 nitrogen and oxygen atoms in total. The van der Waals surface area contributed by atoms with Crippen molar-refractivity contribution in [3.63, 3.8) is 0 Å². The predicted octanol–water partition coefficient (Wildman–Crippen LogP) is 1.07. The van der Waals surface area contributed by atoms with Crippen LogP contribution in [0.1, 0.15) is 6.92 Å². The molecule has 0 heterocycles. The molecule has 0 aliphatic carbocycles. The Kier molecular flexibility index (Phi) is 8.63. The third-order valence-corrected chi connectivity index (χ3v) is 0.433. The second-order valence-corrected chi connectivity index (χ2v) is 1.39. The molecule has 0 aliphatic heterocycles. The number of azide groups is 1. The average Bonchev–Trinajstić information content (AvgIpc) is 1.61. The number of halogens is 1. The van der Waals surface area contributed by atoms with Crippen LogP contribution in [-0.2, 0) is 0 Å². The molecule has 5 heteroatoms. The lowest BCUT2D eigenvalue weighted by Crippen LogP contribution is -2.17. The van der Waals surface area contributed by atoms with Gasteiger partial charge in [0.2, 0.25) is 0 Å². The highest BCUT2D eigenvalue weighted by Gasteiger charge is 1.84. The highest BCUT2D eigenvalue weighted by molar-refractivity contribution is 5.85. The lowest BCUT2D eigenvalue weighted by atomic mass is 10.4. The quantitative estimate of drug-likeness (QED) is 0.344. The van der Waals surface area contributed by atoms with Gasteiger partial charge in [-0.2, -0.15) is 0 Å². The summed E-state index contributed by atoms with van der Waals surface area (Å²) in [5.41, 5.74) is 12.9. The van der Waals surface area contributed by atoms with Gasteiger partial charge in [0.05, 0.1) is 0 Å². The first-order chi connectivity index (χ1) is 3.27. The Morgan fingerprint density at radius 3 is 2.50 bits per heavy atom. The van der Waals surface area contributed by atoms with Crippen LogP contribution >= 0.6 is 12.4 Å². The molecule has 2 N–H and O–H groups in total. The standard InChI is InChI=1S/C3H8N4.ClH/c1-3(4)2-6-7-5;/h3H,2,4H2,1H3;1H. The lowest BCUT2D eigenvalue weighted by Gasteiger charge is -1.92. The normalized spacial score (nSPS) is 10.8. The number of hydrogen-bond acceptors (Lipinski definition) is 2. The largest absolute Gasteiger partial charge is 0.328 e. The van der Waals surface area contributed by atoms with Gasteiger partial charge in [-0.3, -0.25) is 0 Å². The smallest absolute Gasteiger partial charge is 0.0407 e. The van der Waals surface area contributed by atoms with E-state index in [0.717, 1.165) is 0 Å². The maximum Gasteiger partial charge on any atom is 0.0407 e. The topological polar surface area (TPSA) is 74.8 Å². The molecule has 0 radical (unpaired) electrons. The Bertz CT molecular complexity index is 85.3. The molecule has 0 amide bonds. The summed E-state index contributed by atoms with van der Waals surface area (Å²) < 4.78 is 0. The Labute approximate surface area is 54.1 Å². The fourth-order valence-corrected chi connectivity index (χ4v) is 0.165. The molecule has 0 saturated carbocycles. The predicted molar refractivity (Wildman–Crippen MR) is 34.9 cm³/mol. The fraction of sp³-hybridized carbons (Fsp3) is 1.00. The van der Waals surface area contributed by atoms with Gasteiger partial charge in [0.1, 0.15) is 0 Å². The molecule has 0 aromatic rings. The summed E-state index contributed by atoms with van der Waals surface area (Å²) in [5.74, 6) is 0. The van der Waals surface area contributed by atoms with Crippen molar-refractivity contribution in [1.82, 2.24) is 0 Å². The summed E-state index contributed by atoms with van der Waals surface area (Å²) in [5, 5.41) is 3.23. The highest BCUT2D eigenvalue weighted by Crippen LogP contribution is 1.75. The molecule has 1 atom stereocenters. The number of nitrogens with zero attached hydrogens (tertiary/aromatic N) is 3. The van der Waals surface area contributed by atoms with Crippen molar-refractivity contribution in [1.29, 1.82) is 0 Å². The maximum atomic E-state index is 7.72. The molecular weight excluding hydrogens is 128 g/mol. The third kappa shape index (κ3) is 9.12. The molecule has 0 fully saturated rings. The molecule has 48 valence electrons. The van der Waals surface area contributed by atoms with Gasteiger partial charge < -0.3 is 5.73 Å². The fourth-order valence-electron chi connectivity index (χ4n) is 0.165. The Morgan fingerprint density at radius 1 is 1.88 bits per heavy atom. The molecule has 0 saturated heterocycles. The number of hydrogen-bond donors (Lipinski definition) is 1. The summed E-state index contributed by atoms with van der Waals surface area (Å²) in [7, 11) is 0. The van der Waals surface area contributed by atoms with Crippen molar-refractivity contribution >= 4 is 12.4 Å². The van der Waals surface area contributed by atoms with Crippen LogP contribution in [0, 0.1) is 0 Å². The maximum absolute atomic E-state index is 7.72. The molecule has 0 bridgehead atoms. The van der Waals surface area contributed by atoms with Gasteiger partial charge in [-0.1, -0.05) is 5.11 Å². The van der Waals surface area contributed by atoms with Gasteiger partial charge in [0, 0.05) is 17.5 Å². The molecule has 8 heavy (non-hydrogen) atoms. The summed E-state index contributed by atoms with van der Waals surface area (Å²) >= 11 is 0. The van der Waals surface area contributed by atoms with Crippen LogP contribution in [0.2, 0.25) is 0 Å². The van der Waals surface area contributed by atoms with Crippen LogP contribution in [-0.4, -0.2) is 12.6 Å². The molecule has 0 aromatic heterocycles. The third-order valence-electron chi connectivity index (χ3n) is 0.433. The minimum atomic E-state index is -0.0177. The van der Waals surface area contributed by atoms with E-state index < -0.39 is 0 Å². The van der Waals surface area contributed by atoms with E-state index in [2.05, 4.69) is 10.0 Å². The minimum absolute atomic E-state index is 0. The van der Waals surface area contributed by atoms with Crippen LogP contribution in [0.5, 0.6) is 0 Å². The van der Waals surface area contributed by atoms with Crippen molar-refractivity contribution in [2.75, 3.05) is 6.54 Å². The van der Waals surface area contributed by atoms with Gasteiger partial charge in [-0.25, -0.2) is 0 Å². The van der Waals surface area contributed by atoms with Crippen LogP contribution in [0.25, 0.3) is 10.4 Å². The van der Waals surface area contributed by atoms with E-state index in [9.17, 15) is 0 Å². The van der Waals surface area contributed by atoms with Crippen molar-refractivity contribution in [3.8, 4) is 0 Å². The first-order valence-electron chi connectivity index (χ1n) is 2.04. The Balaban J connectivity index is 0. The van der Waals surface area contributed by atoms with E-state index in [-0.39, 0.29) is 18.4 Å². The monoisotopic (exact) mass is 136 g/mol. The number of rotatable bonds is 2. The average molecular weight is 137 g/mol. The van der Waals surface area contributed by atoms with Crippen LogP contribution in [0.3, 0.4) is 0 Å². The van der Waals surface area contributed by atoms with Crippen molar-refractivity contribution in [2.24, 2.45) is 10.8 Å². The second-order valence-electron chi connectivity index (χ2n) is 1.39. The van der Waals surface area contributed by atoms with E-state index in [0.29, 0.717) is 6.54 Å². The lowest BCUT2D eigenvalue weighted by molar-refractivity contribution is 0.749. The molecule has 0 rings (SSSR count). The molecular formula is C3H9ClN4. The number of nitrogens with two attached hydrogens (primary N) is 1. The molecule has 1 unspecified atom stereocenters. The van der Waals surface area contributed by atoms with E-state index in [1.807, 2.05) is 0 Å².